The molecular formula is C15H25N3. The van der Waals surface area contributed by atoms with Crippen molar-refractivity contribution in [3.05, 3.63) is 29.6 Å². The molecule has 0 radical (unpaired) electrons. The Morgan fingerprint density at radius 2 is 2.17 bits per heavy atom. The highest BCUT2D eigenvalue weighted by Gasteiger charge is 2.23. The molecule has 0 spiro atoms. The highest BCUT2D eigenvalue weighted by Crippen LogP contribution is 2.27. The van der Waals surface area contributed by atoms with Crippen molar-refractivity contribution in [2.24, 2.45) is 0 Å². The van der Waals surface area contributed by atoms with Gasteiger partial charge in [0.2, 0.25) is 0 Å². The lowest BCUT2D eigenvalue weighted by Gasteiger charge is -2.35. The number of nitrogens with zero attached hydrogens (tertiary/aromatic N) is 2. The number of pyridine rings is 1. The van der Waals surface area contributed by atoms with Crippen LogP contribution in [0.25, 0.3) is 0 Å². The van der Waals surface area contributed by atoms with Crippen molar-refractivity contribution in [2.75, 3.05) is 26.2 Å². The second-order valence-corrected chi connectivity index (χ2v) is 5.15. The first-order chi connectivity index (χ1) is 8.83. The molecule has 3 heteroatoms. The van der Waals surface area contributed by atoms with Crippen LogP contribution in [0.3, 0.4) is 0 Å². The summed E-state index contributed by atoms with van der Waals surface area (Å²) in [4.78, 5) is 7.24. The van der Waals surface area contributed by atoms with Crippen LogP contribution in [-0.2, 0) is 0 Å². The van der Waals surface area contributed by atoms with Gasteiger partial charge < -0.3 is 5.32 Å². The molecule has 2 heterocycles. The van der Waals surface area contributed by atoms with E-state index in [2.05, 4.69) is 35.1 Å². The molecule has 1 atom stereocenters. The Morgan fingerprint density at radius 1 is 1.39 bits per heavy atom. The maximum atomic E-state index is 4.64. The molecule has 0 aliphatic carbocycles. The third-order valence-corrected chi connectivity index (χ3v) is 3.79. The monoisotopic (exact) mass is 247 g/mol. The van der Waals surface area contributed by atoms with Crippen molar-refractivity contribution in [2.45, 2.75) is 39.2 Å². The van der Waals surface area contributed by atoms with Crippen LogP contribution in [0.4, 0.5) is 0 Å². The third kappa shape index (κ3) is 3.30. The highest BCUT2D eigenvalue weighted by molar-refractivity contribution is 5.21. The van der Waals surface area contributed by atoms with Crippen molar-refractivity contribution >= 4 is 0 Å². The zero-order chi connectivity index (χ0) is 12.8. The topological polar surface area (TPSA) is 28.2 Å². The van der Waals surface area contributed by atoms with E-state index < -0.39 is 0 Å². The van der Waals surface area contributed by atoms with Gasteiger partial charge in [-0.15, -0.1) is 0 Å². The number of piperazine rings is 1. The van der Waals surface area contributed by atoms with E-state index in [0.717, 1.165) is 26.2 Å². The summed E-state index contributed by atoms with van der Waals surface area (Å²) in [5.74, 6) is 0. The lowest BCUT2D eigenvalue weighted by molar-refractivity contribution is 0.159. The van der Waals surface area contributed by atoms with Gasteiger partial charge in [-0.05, 0) is 25.0 Å². The van der Waals surface area contributed by atoms with Gasteiger partial charge in [0.25, 0.3) is 0 Å². The molecule has 0 saturated carbocycles. The Bertz CT molecular complexity index is 359. The Labute approximate surface area is 111 Å². The first-order valence-electron chi connectivity index (χ1n) is 7.19. The van der Waals surface area contributed by atoms with Crippen molar-refractivity contribution in [1.82, 2.24) is 15.2 Å². The van der Waals surface area contributed by atoms with Gasteiger partial charge in [0.05, 0.1) is 11.7 Å². The van der Waals surface area contributed by atoms with Crippen LogP contribution in [0.15, 0.2) is 18.3 Å². The van der Waals surface area contributed by atoms with E-state index in [4.69, 9.17) is 0 Å². The van der Waals surface area contributed by atoms with E-state index in [-0.39, 0.29) is 0 Å². The number of hydrogen-bond donors (Lipinski definition) is 1. The Balaban J connectivity index is 2.15. The van der Waals surface area contributed by atoms with Gasteiger partial charge in [-0.1, -0.05) is 25.8 Å². The van der Waals surface area contributed by atoms with Crippen LogP contribution in [0.5, 0.6) is 0 Å². The van der Waals surface area contributed by atoms with E-state index >= 15 is 0 Å². The third-order valence-electron chi connectivity index (χ3n) is 3.79. The maximum absolute atomic E-state index is 4.64. The van der Waals surface area contributed by atoms with E-state index in [0.29, 0.717) is 6.04 Å². The molecule has 0 amide bonds. The summed E-state index contributed by atoms with van der Waals surface area (Å²) in [6, 6.07) is 4.73. The Kier molecular flexibility index (Phi) is 5.14. The summed E-state index contributed by atoms with van der Waals surface area (Å²) in [5.41, 5.74) is 2.62. The van der Waals surface area contributed by atoms with Crippen LogP contribution in [0, 0.1) is 6.92 Å². The summed E-state index contributed by atoms with van der Waals surface area (Å²) in [6.07, 6.45) is 5.71. The fourth-order valence-corrected chi connectivity index (χ4v) is 2.73. The normalized spacial score (nSPS) is 18.8. The number of unbranched alkanes of at least 4 members (excludes halogenated alkanes) is 1. The van der Waals surface area contributed by atoms with Crippen LogP contribution >= 0.6 is 0 Å². The summed E-state index contributed by atoms with van der Waals surface area (Å²) in [5, 5.41) is 3.43. The molecular weight excluding hydrogens is 222 g/mol. The standard InChI is InChI=1S/C15H25N3/c1-3-4-7-14(18-11-9-16-10-12-18)15-13(2)6-5-8-17-15/h5-6,8,14,16H,3-4,7,9-12H2,1-2H3. The minimum absolute atomic E-state index is 0.508. The van der Waals surface area contributed by atoms with Gasteiger partial charge in [-0.25, -0.2) is 0 Å². The average molecular weight is 247 g/mol. The summed E-state index contributed by atoms with van der Waals surface area (Å²) < 4.78 is 0. The second-order valence-electron chi connectivity index (χ2n) is 5.15. The lowest BCUT2D eigenvalue weighted by Crippen LogP contribution is -2.45. The van der Waals surface area contributed by atoms with E-state index in [9.17, 15) is 0 Å². The zero-order valence-electron chi connectivity index (χ0n) is 11.7. The maximum Gasteiger partial charge on any atom is 0.0604 e. The quantitative estimate of drug-likeness (QED) is 0.866. The van der Waals surface area contributed by atoms with Crippen LogP contribution in [0.2, 0.25) is 0 Å². The summed E-state index contributed by atoms with van der Waals surface area (Å²) >= 11 is 0. The fourth-order valence-electron chi connectivity index (χ4n) is 2.73. The van der Waals surface area contributed by atoms with E-state index in [1.807, 2.05) is 12.3 Å². The molecule has 1 unspecified atom stereocenters. The molecule has 0 aromatic carbocycles. The van der Waals surface area contributed by atoms with E-state index in [1.54, 1.807) is 0 Å². The minimum atomic E-state index is 0.508. The number of nitrogens with one attached hydrogen (secondary N) is 1. The predicted molar refractivity (Wildman–Crippen MR) is 75.7 cm³/mol. The molecule has 1 aromatic rings. The van der Waals surface area contributed by atoms with E-state index in [1.165, 1.54) is 30.5 Å². The number of aromatic nitrogens is 1. The lowest BCUT2D eigenvalue weighted by atomic mass is 10.00. The molecule has 18 heavy (non-hydrogen) atoms. The summed E-state index contributed by atoms with van der Waals surface area (Å²) in [7, 11) is 0. The van der Waals surface area contributed by atoms with Gasteiger partial charge in [-0.2, -0.15) is 0 Å². The van der Waals surface area contributed by atoms with Gasteiger partial charge in [0.1, 0.15) is 0 Å². The van der Waals surface area contributed by atoms with Gasteiger partial charge in [0.15, 0.2) is 0 Å². The van der Waals surface area contributed by atoms with Crippen molar-refractivity contribution in [1.29, 1.82) is 0 Å². The van der Waals surface area contributed by atoms with Crippen molar-refractivity contribution in [3.63, 3.8) is 0 Å². The van der Waals surface area contributed by atoms with Crippen LogP contribution < -0.4 is 5.32 Å². The number of rotatable bonds is 5. The average Bonchev–Trinajstić information content (AvgIpc) is 2.42. The van der Waals surface area contributed by atoms with Gasteiger partial charge in [0, 0.05) is 32.4 Å². The molecule has 1 aliphatic rings. The largest absolute Gasteiger partial charge is 0.314 e. The molecule has 1 N–H and O–H groups in total. The molecule has 0 bridgehead atoms. The molecule has 1 aromatic heterocycles. The van der Waals surface area contributed by atoms with Gasteiger partial charge in [-0.3, -0.25) is 9.88 Å². The fraction of sp³-hybridized carbons (Fsp3) is 0.667. The number of hydrogen-bond acceptors (Lipinski definition) is 3. The highest BCUT2D eigenvalue weighted by atomic mass is 15.2. The van der Waals surface area contributed by atoms with Crippen molar-refractivity contribution in [3.8, 4) is 0 Å². The first-order valence-corrected chi connectivity index (χ1v) is 7.19. The second kappa shape index (κ2) is 6.86. The van der Waals surface area contributed by atoms with Gasteiger partial charge >= 0.3 is 0 Å². The zero-order valence-corrected chi connectivity index (χ0v) is 11.7. The SMILES string of the molecule is CCCCC(c1ncccc1C)N1CCNCC1. The Hall–Kier alpha value is -0.930. The molecule has 1 aliphatic heterocycles. The molecule has 100 valence electrons. The number of aryl methyl sites for hydroxylation is 1. The Morgan fingerprint density at radius 3 is 2.83 bits per heavy atom. The first kappa shape index (κ1) is 13.5. The molecule has 3 nitrogen and oxygen atoms in total. The van der Waals surface area contributed by atoms with Crippen molar-refractivity contribution < 1.29 is 0 Å². The molecule has 2 rings (SSSR count). The van der Waals surface area contributed by atoms with Crippen LogP contribution in [0.1, 0.15) is 43.5 Å². The minimum Gasteiger partial charge on any atom is -0.314 e. The predicted octanol–water partition coefficient (Wildman–Crippen LogP) is 2.53. The van der Waals surface area contributed by atoms with Crippen LogP contribution in [-0.4, -0.2) is 36.1 Å². The molecule has 1 saturated heterocycles. The smallest absolute Gasteiger partial charge is 0.0604 e. The molecule has 1 fully saturated rings. The summed E-state index contributed by atoms with van der Waals surface area (Å²) in [6.45, 7) is 8.95.